The first-order chi connectivity index (χ1) is 6.76. The SMILES string of the molecule is CSc1cc2c(C)csc2cc1CBr. The van der Waals surface area contributed by atoms with E-state index in [1.807, 2.05) is 23.1 Å². The minimum atomic E-state index is 0.941. The van der Waals surface area contributed by atoms with Crippen molar-refractivity contribution < 1.29 is 0 Å². The first-order valence-corrected chi connectivity index (χ1v) is 7.59. The highest BCUT2D eigenvalue weighted by Gasteiger charge is 2.06. The zero-order valence-corrected chi connectivity index (χ0v) is 11.4. The molecule has 14 heavy (non-hydrogen) atoms. The van der Waals surface area contributed by atoms with E-state index in [1.54, 1.807) is 0 Å². The number of aryl methyl sites for hydroxylation is 1. The van der Waals surface area contributed by atoms with Gasteiger partial charge < -0.3 is 0 Å². The number of thioether (sulfide) groups is 1. The van der Waals surface area contributed by atoms with Gasteiger partial charge in [-0.15, -0.1) is 23.1 Å². The molecule has 0 aliphatic rings. The van der Waals surface area contributed by atoms with E-state index in [0.29, 0.717) is 0 Å². The van der Waals surface area contributed by atoms with Crippen LogP contribution in [-0.2, 0) is 5.33 Å². The standard InChI is InChI=1S/C11H11BrS2/c1-7-6-14-11-3-8(5-12)10(13-2)4-9(7)11/h3-4,6H,5H2,1-2H3. The highest BCUT2D eigenvalue weighted by Crippen LogP contribution is 2.33. The summed E-state index contributed by atoms with van der Waals surface area (Å²) in [5.41, 5.74) is 2.79. The summed E-state index contributed by atoms with van der Waals surface area (Å²) in [6.07, 6.45) is 2.13. The van der Waals surface area contributed by atoms with E-state index < -0.39 is 0 Å². The molecular weight excluding hydrogens is 276 g/mol. The molecule has 1 aromatic heterocycles. The predicted octanol–water partition coefficient (Wildman–Crippen LogP) is 4.83. The number of thiophene rings is 1. The minimum absolute atomic E-state index is 0.941. The summed E-state index contributed by atoms with van der Waals surface area (Å²) in [6, 6.07) is 4.61. The van der Waals surface area contributed by atoms with Gasteiger partial charge in [0.1, 0.15) is 0 Å². The summed E-state index contributed by atoms with van der Waals surface area (Å²) >= 11 is 7.19. The zero-order valence-electron chi connectivity index (χ0n) is 8.13. The number of hydrogen-bond acceptors (Lipinski definition) is 2. The zero-order chi connectivity index (χ0) is 10.1. The number of alkyl halides is 1. The summed E-state index contributed by atoms with van der Waals surface area (Å²) in [5.74, 6) is 0. The van der Waals surface area contributed by atoms with Crippen LogP contribution in [0.5, 0.6) is 0 Å². The Labute approximate surface area is 101 Å². The Morgan fingerprint density at radius 3 is 2.86 bits per heavy atom. The quantitative estimate of drug-likeness (QED) is 0.563. The second-order valence-corrected chi connectivity index (χ2v) is 5.53. The monoisotopic (exact) mass is 286 g/mol. The molecule has 1 heterocycles. The molecule has 0 atom stereocenters. The van der Waals surface area contributed by atoms with Crippen LogP contribution in [0.15, 0.2) is 22.4 Å². The van der Waals surface area contributed by atoms with Crippen molar-refractivity contribution in [3.8, 4) is 0 Å². The molecule has 0 fully saturated rings. The van der Waals surface area contributed by atoms with Crippen molar-refractivity contribution in [2.45, 2.75) is 17.1 Å². The van der Waals surface area contributed by atoms with E-state index >= 15 is 0 Å². The van der Waals surface area contributed by atoms with E-state index in [2.05, 4.69) is 46.6 Å². The van der Waals surface area contributed by atoms with Crippen molar-refractivity contribution in [1.82, 2.24) is 0 Å². The maximum Gasteiger partial charge on any atom is 0.0349 e. The van der Waals surface area contributed by atoms with Crippen LogP contribution in [0.3, 0.4) is 0 Å². The van der Waals surface area contributed by atoms with E-state index in [9.17, 15) is 0 Å². The van der Waals surface area contributed by atoms with Crippen molar-refractivity contribution in [3.63, 3.8) is 0 Å². The molecule has 0 bridgehead atoms. The Morgan fingerprint density at radius 1 is 1.43 bits per heavy atom. The van der Waals surface area contributed by atoms with Crippen LogP contribution in [0.25, 0.3) is 10.1 Å². The fourth-order valence-corrected chi connectivity index (χ4v) is 3.78. The Balaban J connectivity index is 2.71. The van der Waals surface area contributed by atoms with Crippen LogP contribution in [0.4, 0.5) is 0 Å². The van der Waals surface area contributed by atoms with E-state index in [0.717, 1.165) is 5.33 Å². The Morgan fingerprint density at radius 2 is 2.21 bits per heavy atom. The highest BCUT2D eigenvalue weighted by molar-refractivity contribution is 9.08. The van der Waals surface area contributed by atoms with Gasteiger partial charge in [0.15, 0.2) is 0 Å². The third-order valence-corrected chi connectivity index (χ3v) is 4.80. The molecule has 0 saturated heterocycles. The lowest BCUT2D eigenvalue weighted by molar-refractivity contribution is 1.31. The first-order valence-electron chi connectivity index (χ1n) is 4.37. The molecule has 2 aromatic rings. The van der Waals surface area contributed by atoms with Crippen LogP contribution < -0.4 is 0 Å². The Bertz CT molecular complexity index is 460. The lowest BCUT2D eigenvalue weighted by Gasteiger charge is -2.04. The number of rotatable bonds is 2. The first kappa shape index (κ1) is 10.5. The molecule has 1 aromatic carbocycles. The molecular formula is C11H11BrS2. The average Bonchev–Trinajstić information content (AvgIpc) is 2.58. The number of fused-ring (bicyclic) bond motifs is 1. The molecule has 0 aliphatic carbocycles. The molecule has 0 saturated carbocycles. The molecule has 3 heteroatoms. The topological polar surface area (TPSA) is 0 Å². The van der Waals surface area contributed by atoms with Gasteiger partial charge in [-0.25, -0.2) is 0 Å². The van der Waals surface area contributed by atoms with Gasteiger partial charge in [-0.05, 0) is 47.2 Å². The molecule has 0 unspecified atom stereocenters. The van der Waals surface area contributed by atoms with Gasteiger partial charge in [-0.2, -0.15) is 0 Å². The van der Waals surface area contributed by atoms with Crippen molar-refractivity contribution in [2.75, 3.05) is 6.26 Å². The summed E-state index contributed by atoms with van der Waals surface area (Å²) in [4.78, 5) is 1.39. The van der Waals surface area contributed by atoms with Crippen LogP contribution >= 0.6 is 39.0 Å². The van der Waals surface area contributed by atoms with Crippen molar-refractivity contribution >= 4 is 49.1 Å². The van der Waals surface area contributed by atoms with Crippen LogP contribution in [0, 0.1) is 6.92 Å². The second kappa shape index (κ2) is 4.25. The molecule has 0 amide bonds. The number of halogens is 1. The van der Waals surface area contributed by atoms with E-state index in [1.165, 1.54) is 26.1 Å². The smallest absolute Gasteiger partial charge is 0.0349 e. The highest BCUT2D eigenvalue weighted by atomic mass is 79.9. The van der Waals surface area contributed by atoms with Crippen molar-refractivity contribution in [1.29, 1.82) is 0 Å². The third kappa shape index (κ3) is 1.73. The maximum atomic E-state index is 3.53. The van der Waals surface area contributed by atoms with Crippen molar-refractivity contribution in [3.05, 3.63) is 28.6 Å². The van der Waals surface area contributed by atoms with Gasteiger partial charge in [0, 0.05) is 14.9 Å². The summed E-state index contributed by atoms with van der Waals surface area (Å²) < 4.78 is 1.40. The van der Waals surface area contributed by atoms with Gasteiger partial charge in [0.25, 0.3) is 0 Å². The molecule has 0 spiro atoms. The predicted molar refractivity (Wildman–Crippen MR) is 71.0 cm³/mol. The third-order valence-electron chi connectivity index (χ3n) is 2.31. The minimum Gasteiger partial charge on any atom is -0.144 e. The van der Waals surface area contributed by atoms with Gasteiger partial charge >= 0.3 is 0 Å². The molecule has 0 aliphatic heterocycles. The lowest BCUT2D eigenvalue weighted by Crippen LogP contribution is -1.82. The maximum absolute atomic E-state index is 3.53. The average molecular weight is 287 g/mol. The van der Waals surface area contributed by atoms with Crippen LogP contribution in [0.2, 0.25) is 0 Å². The van der Waals surface area contributed by atoms with E-state index in [4.69, 9.17) is 0 Å². The summed E-state index contributed by atoms with van der Waals surface area (Å²) in [6.45, 7) is 2.18. The van der Waals surface area contributed by atoms with Gasteiger partial charge in [-0.3, -0.25) is 0 Å². The largest absolute Gasteiger partial charge is 0.144 e. The van der Waals surface area contributed by atoms with Crippen LogP contribution in [0.1, 0.15) is 11.1 Å². The lowest BCUT2D eigenvalue weighted by atomic mass is 10.1. The molecule has 0 nitrogen and oxygen atoms in total. The number of benzene rings is 1. The molecule has 0 radical (unpaired) electrons. The van der Waals surface area contributed by atoms with Crippen molar-refractivity contribution in [2.24, 2.45) is 0 Å². The molecule has 74 valence electrons. The Hall–Kier alpha value is 0.01000. The van der Waals surface area contributed by atoms with Gasteiger partial charge in [0.2, 0.25) is 0 Å². The fraction of sp³-hybridized carbons (Fsp3) is 0.273. The summed E-state index contributed by atoms with van der Waals surface area (Å²) in [5, 5.41) is 4.58. The summed E-state index contributed by atoms with van der Waals surface area (Å²) in [7, 11) is 0. The number of hydrogen-bond donors (Lipinski definition) is 0. The van der Waals surface area contributed by atoms with Gasteiger partial charge in [-0.1, -0.05) is 15.9 Å². The Kier molecular flexibility index (Phi) is 3.20. The van der Waals surface area contributed by atoms with E-state index in [-0.39, 0.29) is 0 Å². The van der Waals surface area contributed by atoms with Gasteiger partial charge in [0.05, 0.1) is 0 Å². The second-order valence-electron chi connectivity index (χ2n) is 3.21. The molecule has 0 N–H and O–H groups in total. The van der Waals surface area contributed by atoms with Crippen LogP contribution in [-0.4, -0.2) is 6.26 Å². The fourth-order valence-electron chi connectivity index (χ4n) is 1.52. The normalized spacial score (nSPS) is 11.1. The molecule has 2 rings (SSSR count).